The summed E-state index contributed by atoms with van der Waals surface area (Å²) in [4.78, 5) is 12.3. The highest BCUT2D eigenvalue weighted by Crippen LogP contribution is 2.30. The summed E-state index contributed by atoms with van der Waals surface area (Å²) >= 11 is 0. The normalized spacial score (nSPS) is 10.4. The molecule has 0 saturated carbocycles. The third-order valence-corrected chi connectivity index (χ3v) is 4.30. The summed E-state index contributed by atoms with van der Waals surface area (Å²) < 4.78 is 16.6. The molecule has 4 rings (SSSR count). The van der Waals surface area contributed by atoms with Gasteiger partial charge < -0.3 is 19.2 Å². The highest BCUT2D eigenvalue weighted by Gasteiger charge is 2.15. The summed E-state index contributed by atoms with van der Waals surface area (Å²) in [6.45, 7) is -0.164. The van der Waals surface area contributed by atoms with Gasteiger partial charge in [0.1, 0.15) is 11.5 Å². The number of nitrogens with zero attached hydrogens (tertiary/aromatic N) is 2. The van der Waals surface area contributed by atoms with Crippen LogP contribution in [0.5, 0.6) is 11.5 Å². The topological polar surface area (TPSA) is 86.5 Å². The van der Waals surface area contributed by atoms with Gasteiger partial charge >= 0.3 is 0 Å². The van der Waals surface area contributed by atoms with Crippen LogP contribution in [-0.2, 0) is 4.79 Å². The van der Waals surface area contributed by atoms with Crippen LogP contribution >= 0.6 is 0 Å². The number of anilines is 1. The molecule has 30 heavy (non-hydrogen) atoms. The Morgan fingerprint density at radius 1 is 0.900 bits per heavy atom. The Kier molecular flexibility index (Phi) is 5.70. The van der Waals surface area contributed by atoms with Gasteiger partial charge in [0.25, 0.3) is 11.8 Å². The molecular formula is C23H19N3O4. The largest absolute Gasteiger partial charge is 0.497 e. The van der Waals surface area contributed by atoms with E-state index in [4.69, 9.17) is 13.9 Å². The van der Waals surface area contributed by atoms with Crippen LogP contribution in [-0.4, -0.2) is 29.8 Å². The van der Waals surface area contributed by atoms with Gasteiger partial charge in [0.2, 0.25) is 5.89 Å². The molecule has 7 heteroatoms. The zero-order chi connectivity index (χ0) is 20.8. The highest BCUT2D eigenvalue weighted by atomic mass is 16.5. The Morgan fingerprint density at radius 3 is 2.37 bits per heavy atom. The van der Waals surface area contributed by atoms with Crippen molar-refractivity contribution in [3.05, 3.63) is 78.9 Å². The van der Waals surface area contributed by atoms with Crippen LogP contribution in [0.15, 0.2) is 83.3 Å². The molecule has 0 aliphatic rings. The van der Waals surface area contributed by atoms with Crippen molar-refractivity contribution in [2.24, 2.45) is 0 Å². The number of hydrogen-bond acceptors (Lipinski definition) is 6. The van der Waals surface area contributed by atoms with Crippen LogP contribution in [0.3, 0.4) is 0 Å². The summed E-state index contributed by atoms with van der Waals surface area (Å²) in [6.07, 6.45) is 0. The molecule has 0 atom stereocenters. The molecule has 1 amide bonds. The van der Waals surface area contributed by atoms with E-state index in [1.807, 2.05) is 42.5 Å². The third-order valence-electron chi connectivity index (χ3n) is 4.30. The van der Waals surface area contributed by atoms with Gasteiger partial charge in [-0.1, -0.05) is 30.3 Å². The fourth-order valence-corrected chi connectivity index (χ4v) is 2.81. The number of rotatable bonds is 7. The lowest BCUT2D eigenvalue weighted by molar-refractivity contribution is -0.118. The predicted molar refractivity (Wildman–Crippen MR) is 112 cm³/mol. The van der Waals surface area contributed by atoms with Crippen molar-refractivity contribution in [3.8, 4) is 34.4 Å². The number of aromatic nitrogens is 2. The van der Waals surface area contributed by atoms with Gasteiger partial charge in [0.15, 0.2) is 6.61 Å². The van der Waals surface area contributed by atoms with E-state index >= 15 is 0 Å². The highest BCUT2D eigenvalue weighted by molar-refractivity contribution is 5.92. The molecule has 3 aromatic carbocycles. The Balaban J connectivity index is 1.44. The fourth-order valence-electron chi connectivity index (χ4n) is 2.81. The van der Waals surface area contributed by atoms with E-state index in [9.17, 15) is 4.79 Å². The second-order valence-electron chi connectivity index (χ2n) is 6.34. The summed E-state index contributed by atoms with van der Waals surface area (Å²) in [7, 11) is 1.59. The maximum absolute atomic E-state index is 12.3. The molecule has 1 aromatic heterocycles. The minimum atomic E-state index is -0.287. The van der Waals surface area contributed by atoms with Crippen molar-refractivity contribution in [3.63, 3.8) is 0 Å². The first-order chi connectivity index (χ1) is 14.7. The number of amides is 1. The lowest BCUT2D eigenvalue weighted by Crippen LogP contribution is -2.20. The molecule has 1 N–H and O–H groups in total. The van der Waals surface area contributed by atoms with Crippen molar-refractivity contribution in [1.82, 2.24) is 10.2 Å². The first kappa shape index (κ1) is 19.2. The lowest BCUT2D eigenvalue weighted by Gasteiger charge is -2.10. The first-order valence-electron chi connectivity index (χ1n) is 9.28. The van der Waals surface area contributed by atoms with Crippen molar-refractivity contribution in [2.45, 2.75) is 0 Å². The Bertz CT molecular complexity index is 1120. The standard InChI is InChI=1S/C23H19N3O4/c1-28-18-13-11-17(12-14-18)24-21(27)15-29-20-10-6-5-9-19(20)23-26-25-22(30-23)16-7-3-2-4-8-16/h2-14H,15H2,1H3,(H,24,27). The number of methoxy groups -OCH3 is 1. The Morgan fingerprint density at radius 2 is 1.60 bits per heavy atom. The van der Waals surface area contributed by atoms with Crippen LogP contribution in [0.4, 0.5) is 5.69 Å². The number of carbonyl (C=O) groups is 1. The second kappa shape index (κ2) is 8.91. The molecule has 0 aliphatic heterocycles. The van der Waals surface area contributed by atoms with Gasteiger partial charge in [0.05, 0.1) is 12.7 Å². The molecule has 0 saturated heterocycles. The predicted octanol–water partition coefficient (Wildman–Crippen LogP) is 4.43. The van der Waals surface area contributed by atoms with Crippen LogP contribution in [0.1, 0.15) is 0 Å². The molecule has 0 radical (unpaired) electrons. The summed E-state index contributed by atoms with van der Waals surface area (Å²) in [5, 5.41) is 11.0. The SMILES string of the molecule is COc1ccc(NC(=O)COc2ccccc2-c2nnc(-c3ccccc3)o2)cc1. The minimum Gasteiger partial charge on any atom is -0.497 e. The van der Waals surface area contributed by atoms with Gasteiger partial charge in [-0.25, -0.2) is 0 Å². The monoisotopic (exact) mass is 401 g/mol. The van der Waals surface area contributed by atoms with E-state index < -0.39 is 0 Å². The maximum Gasteiger partial charge on any atom is 0.262 e. The van der Waals surface area contributed by atoms with Crippen molar-refractivity contribution < 1.29 is 18.7 Å². The molecular weight excluding hydrogens is 382 g/mol. The quantitative estimate of drug-likeness (QED) is 0.493. The smallest absolute Gasteiger partial charge is 0.262 e. The third kappa shape index (κ3) is 4.47. The molecule has 0 aliphatic carbocycles. The van der Waals surface area contributed by atoms with Crippen molar-refractivity contribution in [1.29, 1.82) is 0 Å². The number of ether oxygens (including phenoxy) is 2. The van der Waals surface area contributed by atoms with Gasteiger partial charge in [-0.15, -0.1) is 10.2 Å². The summed E-state index contributed by atoms with van der Waals surface area (Å²) in [5.74, 6) is 1.64. The minimum absolute atomic E-state index is 0.164. The van der Waals surface area contributed by atoms with E-state index in [1.165, 1.54) is 0 Å². The number of para-hydroxylation sites is 1. The second-order valence-corrected chi connectivity index (χ2v) is 6.34. The van der Waals surface area contributed by atoms with Crippen LogP contribution < -0.4 is 14.8 Å². The maximum atomic E-state index is 12.3. The van der Waals surface area contributed by atoms with Crippen LogP contribution in [0.25, 0.3) is 22.9 Å². The molecule has 0 unspecified atom stereocenters. The van der Waals surface area contributed by atoms with E-state index in [0.717, 1.165) is 5.56 Å². The summed E-state index contributed by atoms with van der Waals surface area (Å²) in [5.41, 5.74) is 2.10. The van der Waals surface area contributed by atoms with Crippen molar-refractivity contribution >= 4 is 11.6 Å². The lowest BCUT2D eigenvalue weighted by atomic mass is 10.2. The zero-order valence-electron chi connectivity index (χ0n) is 16.2. The zero-order valence-corrected chi connectivity index (χ0v) is 16.2. The van der Waals surface area contributed by atoms with Gasteiger partial charge in [-0.3, -0.25) is 4.79 Å². The fraction of sp³-hybridized carbons (Fsp3) is 0.0870. The van der Waals surface area contributed by atoms with E-state index in [1.54, 1.807) is 43.5 Å². The van der Waals surface area contributed by atoms with Gasteiger partial charge in [-0.2, -0.15) is 0 Å². The molecule has 0 spiro atoms. The molecule has 150 valence electrons. The van der Waals surface area contributed by atoms with Gasteiger partial charge in [-0.05, 0) is 48.5 Å². The average Bonchev–Trinajstić information content (AvgIpc) is 3.29. The molecule has 4 aromatic rings. The Labute approximate surface area is 173 Å². The van der Waals surface area contributed by atoms with E-state index in [0.29, 0.717) is 34.5 Å². The number of hydrogen-bond donors (Lipinski definition) is 1. The number of benzene rings is 3. The van der Waals surface area contributed by atoms with Crippen LogP contribution in [0, 0.1) is 0 Å². The molecule has 0 bridgehead atoms. The molecule has 1 heterocycles. The van der Waals surface area contributed by atoms with Crippen molar-refractivity contribution in [2.75, 3.05) is 19.0 Å². The molecule has 7 nitrogen and oxygen atoms in total. The van der Waals surface area contributed by atoms with Gasteiger partial charge in [0, 0.05) is 11.3 Å². The van der Waals surface area contributed by atoms with E-state index in [-0.39, 0.29) is 12.5 Å². The average molecular weight is 401 g/mol. The van der Waals surface area contributed by atoms with E-state index in [2.05, 4.69) is 15.5 Å². The number of nitrogens with one attached hydrogen (secondary N) is 1. The number of carbonyl (C=O) groups excluding carboxylic acids is 1. The summed E-state index contributed by atoms with van der Waals surface area (Å²) in [6, 6.07) is 23.8. The van der Waals surface area contributed by atoms with Crippen LogP contribution in [0.2, 0.25) is 0 Å². The first-order valence-corrected chi connectivity index (χ1v) is 9.28. The Hall–Kier alpha value is -4.13. The molecule has 0 fully saturated rings.